The number of halogens is 2. The summed E-state index contributed by atoms with van der Waals surface area (Å²) in [7, 11) is 0. The minimum absolute atomic E-state index is 0. The van der Waals surface area contributed by atoms with Gasteiger partial charge in [0.1, 0.15) is 0 Å². The standard InChI is InChI=1S/C3H8N2.2ClH/c1-2-3-5-4;;/h2,5H,1,3-4H2;2*1H. The third-order valence-corrected chi connectivity index (χ3v) is 0.262. The monoisotopic (exact) mass is 144 g/mol. The molecule has 0 unspecified atom stereocenters. The molecule has 2 nitrogen and oxygen atoms in total. The van der Waals surface area contributed by atoms with E-state index in [1.54, 1.807) is 6.08 Å². The van der Waals surface area contributed by atoms with Crippen LogP contribution in [-0.2, 0) is 0 Å². The molecule has 0 rings (SSSR count). The first kappa shape index (κ1) is 15.7. The lowest BCUT2D eigenvalue weighted by atomic mass is 10.7. The van der Waals surface area contributed by atoms with Crippen LogP contribution >= 0.6 is 24.8 Å². The average Bonchev–Trinajstić information content (AvgIpc) is 1.41. The van der Waals surface area contributed by atoms with Gasteiger partial charge in [0.05, 0.1) is 0 Å². The van der Waals surface area contributed by atoms with Gasteiger partial charge in [0.15, 0.2) is 0 Å². The third-order valence-electron chi connectivity index (χ3n) is 0.262. The highest BCUT2D eigenvalue weighted by atomic mass is 35.5. The number of nitrogens with two attached hydrogens (primary N) is 1. The summed E-state index contributed by atoms with van der Waals surface area (Å²) in [5.74, 6) is 4.82. The lowest BCUT2D eigenvalue weighted by molar-refractivity contribution is 0.824. The van der Waals surface area contributed by atoms with Crippen molar-refractivity contribution in [1.29, 1.82) is 0 Å². The number of hydrazine groups is 1. The van der Waals surface area contributed by atoms with E-state index in [-0.39, 0.29) is 24.8 Å². The zero-order chi connectivity index (χ0) is 4.12. The number of rotatable bonds is 2. The van der Waals surface area contributed by atoms with Crippen molar-refractivity contribution in [2.45, 2.75) is 0 Å². The first-order chi connectivity index (χ1) is 2.41. The number of hydrogen-bond acceptors (Lipinski definition) is 2. The van der Waals surface area contributed by atoms with Crippen LogP contribution in [0.1, 0.15) is 0 Å². The molecule has 0 aliphatic carbocycles. The van der Waals surface area contributed by atoms with Gasteiger partial charge in [0.25, 0.3) is 0 Å². The van der Waals surface area contributed by atoms with E-state index in [0.717, 1.165) is 0 Å². The molecule has 0 aromatic heterocycles. The van der Waals surface area contributed by atoms with Gasteiger partial charge in [-0.3, -0.25) is 11.3 Å². The molecule has 0 aliphatic heterocycles. The summed E-state index contributed by atoms with van der Waals surface area (Å²) in [5.41, 5.74) is 2.40. The molecule has 0 saturated carbocycles. The lowest BCUT2D eigenvalue weighted by Gasteiger charge is -1.80. The van der Waals surface area contributed by atoms with Gasteiger partial charge in [-0.1, -0.05) is 6.08 Å². The van der Waals surface area contributed by atoms with Gasteiger partial charge in [-0.25, -0.2) is 0 Å². The molecule has 4 heteroatoms. The van der Waals surface area contributed by atoms with Crippen molar-refractivity contribution >= 4 is 24.8 Å². The largest absolute Gasteiger partial charge is 0.271 e. The first-order valence-electron chi connectivity index (χ1n) is 1.46. The van der Waals surface area contributed by atoms with Gasteiger partial charge < -0.3 is 0 Å². The van der Waals surface area contributed by atoms with Crippen LogP contribution in [-0.4, -0.2) is 6.54 Å². The van der Waals surface area contributed by atoms with Gasteiger partial charge in [0, 0.05) is 6.54 Å². The summed E-state index contributed by atoms with van der Waals surface area (Å²) in [6.45, 7) is 4.09. The maximum absolute atomic E-state index is 4.82. The topological polar surface area (TPSA) is 38.0 Å². The highest BCUT2D eigenvalue weighted by molar-refractivity contribution is 5.85. The average molecular weight is 145 g/mol. The van der Waals surface area contributed by atoms with Crippen LogP contribution in [0.15, 0.2) is 12.7 Å². The fourth-order valence-corrected chi connectivity index (χ4v) is 0.0833. The molecule has 46 valence electrons. The van der Waals surface area contributed by atoms with Gasteiger partial charge in [-0.2, -0.15) is 0 Å². The van der Waals surface area contributed by atoms with Crippen LogP contribution in [0, 0.1) is 0 Å². The Morgan fingerprint density at radius 3 is 2.00 bits per heavy atom. The van der Waals surface area contributed by atoms with Crippen LogP contribution < -0.4 is 11.3 Å². The zero-order valence-corrected chi connectivity index (χ0v) is 5.52. The van der Waals surface area contributed by atoms with Crippen LogP contribution in [0.2, 0.25) is 0 Å². The van der Waals surface area contributed by atoms with E-state index in [4.69, 9.17) is 5.84 Å². The molecular weight excluding hydrogens is 135 g/mol. The van der Waals surface area contributed by atoms with Crippen molar-refractivity contribution in [3.05, 3.63) is 12.7 Å². The molecule has 0 amide bonds. The summed E-state index contributed by atoms with van der Waals surface area (Å²) >= 11 is 0. The Hall–Kier alpha value is 0.240. The summed E-state index contributed by atoms with van der Waals surface area (Å²) in [6, 6.07) is 0. The second-order valence-electron chi connectivity index (χ2n) is 0.697. The van der Waals surface area contributed by atoms with Crippen molar-refractivity contribution in [3.63, 3.8) is 0 Å². The van der Waals surface area contributed by atoms with Crippen molar-refractivity contribution in [1.82, 2.24) is 5.43 Å². The molecule has 0 aliphatic rings. The molecule has 7 heavy (non-hydrogen) atoms. The Balaban J connectivity index is -0.0000000800. The van der Waals surface area contributed by atoms with E-state index in [0.29, 0.717) is 6.54 Å². The van der Waals surface area contributed by atoms with Crippen LogP contribution in [0.25, 0.3) is 0 Å². The maximum atomic E-state index is 4.82. The molecule has 0 atom stereocenters. The van der Waals surface area contributed by atoms with Gasteiger partial charge in [-0.05, 0) is 0 Å². The fraction of sp³-hybridized carbons (Fsp3) is 0.333. The Labute approximate surface area is 55.9 Å². The van der Waals surface area contributed by atoms with Gasteiger partial charge in [0.2, 0.25) is 0 Å². The first-order valence-corrected chi connectivity index (χ1v) is 1.46. The number of nitrogens with one attached hydrogen (secondary N) is 1. The Bertz CT molecular complexity index is 32.1. The zero-order valence-electron chi connectivity index (χ0n) is 3.89. The Morgan fingerprint density at radius 1 is 1.57 bits per heavy atom. The maximum Gasteiger partial charge on any atom is 0.0275 e. The van der Waals surface area contributed by atoms with E-state index in [1.165, 1.54) is 0 Å². The molecule has 0 aromatic carbocycles. The highest BCUT2D eigenvalue weighted by Crippen LogP contribution is 1.46. The molecule has 0 saturated heterocycles. The molecule has 0 heterocycles. The smallest absolute Gasteiger partial charge is 0.0275 e. The van der Waals surface area contributed by atoms with Crippen molar-refractivity contribution in [2.24, 2.45) is 5.84 Å². The van der Waals surface area contributed by atoms with Crippen LogP contribution in [0.4, 0.5) is 0 Å². The summed E-state index contributed by atoms with van der Waals surface area (Å²) in [4.78, 5) is 0. The third kappa shape index (κ3) is 22.4. The van der Waals surface area contributed by atoms with Crippen LogP contribution in [0.5, 0.6) is 0 Å². The summed E-state index contributed by atoms with van der Waals surface area (Å²) < 4.78 is 0. The van der Waals surface area contributed by atoms with Crippen molar-refractivity contribution in [3.8, 4) is 0 Å². The second kappa shape index (κ2) is 16.3. The SMILES string of the molecule is C=CCNN.Cl.Cl. The summed E-state index contributed by atoms with van der Waals surface area (Å²) in [5, 5.41) is 0. The Kier molecular flexibility index (Phi) is 36.6. The minimum Gasteiger partial charge on any atom is -0.271 e. The van der Waals surface area contributed by atoms with Gasteiger partial charge >= 0.3 is 0 Å². The molecule has 3 N–H and O–H groups in total. The second-order valence-corrected chi connectivity index (χ2v) is 0.697. The van der Waals surface area contributed by atoms with E-state index in [1.807, 2.05) is 0 Å². The quantitative estimate of drug-likeness (QED) is 0.337. The molecular formula is C3H10Cl2N2. The lowest BCUT2D eigenvalue weighted by Crippen LogP contribution is -2.20. The molecule has 0 spiro atoms. The minimum atomic E-state index is 0. The van der Waals surface area contributed by atoms with E-state index < -0.39 is 0 Å². The molecule has 0 bridgehead atoms. The predicted octanol–water partition coefficient (Wildman–Crippen LogP) is 0.479. The fourth-order valence-electron chi connectivity index (χ4n) is 0.0833. The molecule has 0 aromatic rings. The predicted molar refractivity (Wildman–Crippen MR) is 36.9 cm³/mol. The van der Waals surface area contributed by atoms with E-state index in [2.05, 4.69) is 12.0 Å². The van der Waals surface area contributed by atoms with E-state index >= 15 is 0 Å². The van der Waals surface area contributed by atoms with Crippen molar-refractivity contribution in [2.75, 3.05) is 6.54 Å². The normalized spacial score (nSPS) is 5.29. The highest BCUT2D eigenvalue weighted by Gasteiger charge is 1.56. The van der Waals surface area contributed by atoms with Gasteiger partial charge in [-0.15, -0.1) is 31.4 Å². The Morgan fingerprint density at radius 2 is 2.00 bits per heavy atom. The van der Waals surface area contributed by atoms with Crippen molar-refractivity contribution < 1.29 is 0 Å². The van der Waals surface area contributed by atoms with E-state index in [9.17, 15) is 0 Å². The molecule has 0 radical (unpaired) electrons. The summed E-state index contributed by atoms with van der Waals surface area (Å²) in [6.07, 6.45) is 1.69. The molecule has 0 fully saturated rings. The number of hydrogen-bond donors (Lipinski definition) is 2. The van der Waals surface area contributed by atoms with Crippen LogP contribution in [0.3, 0.4) is 0 Å².